The van der Waals surface area contributed by atoms with Crippen molar-refractivity contribution in [2.24, 2.45) is 5.73 Å². The van der Waals surface area contributed by atoms with E-state index in [0.717, 1.165) is 4.83 Å². The standard InChI is InChI=1S/C13H12N4O2S/c14-10(18)7-16-3-1-2-9(6-16)12(19)11-13-17(8-15-11)4-5-20-13/h1-5,8H,6-7H2,(H2,14,18). The summed E-state index contributed by atoms with van der Waals surface area (Å²) in [7, 11) is 0. The van der Waals surface area contributed by atoms with Crippen molar-refractivity contribution in [2.45, 2.75) is 0 Å². The van der Waals surface area contributed by atoms with Crippen LogP contribution in [-0.2, 0) is 4.79 Å². The molecule has 0 atom stereocenters. The van der Waals surface area contributed by atoms with Gasteiger partial charge in [-0.2, -0.15) is 0 Å². The van der Waals surface area contributed by atoms with Gasteiger partial charge in [-0.15, -0.1) is 11.3 Å². The van der Waals surface area contributed by atoms with Gasteiger partial charge >= 0.3 is 0 Å². The first-order valence-corrected chi connectivity index (χ1v) is 6.87. The van der Waals surface area contributed by atoms with Gasteiger partial charge in [-0.1, -0.05) is 6.08 Å². The molecule has 0 spiro atoms. The average Bonchev–Trinajstić information content (AvgIpc) is 2.99. The second-order valence-corrected chi connectivity index (χ2v) is 5.34. The summed E-state index contributed by atoms with van der Waals surface area (Å²) in [4.78, 5) is 30.1. The van der Waals surface area contributed by atoms with Crippen molar-refractivity contribution in [1.29, 1.82) is 0 Å². The third-order valence-corrected chi connectivity index (χ3v) is 3.87. The Hall–Kier alpha value is -2.41. The lowest BCUT2D eigenvalue weighted by molar-refractivity contribution is -0.118. The van der Waals surface area contributed by atoms with Crippen molar-refractivity contribution in [1.82, 2.24) is 14.3 Å². The summed E-state index contributed by atoms with van der Waals surface area (Å²) in [6, 6.07) is 0. The molecule has 6 nitrogen and oxygen atoms in total. The number of nitrogens with two attached hydrogens (primary N) is 1. The minimum absolute atomic E-state index is 0.0960. The summed E-state index contributed by atoms with van der Waals surface area (Å²) in [5, 5.41) is 1.91. The number of carbonyl (C=O) groups is 2. The molecule has 0 saturated carbocycles. The Morgan fingerprint density at radius 1 is 1.45 bits per heavy atom. The molecular formula is C13H12N4O2S. The molecule has 2 aromatic heterocycles. The van der Waals surface area contributed by atoms with E-state index in [0.29, 0.717) is 17.8 Å². The van der Waals surface area contributed by atoms with Crippen LogP contribution in [0.2, 0.25) is 0 Å². The second kappa shape index (κ2) is 4.93. The van der Waals surface area contributed by atoms with Crippen molar-refractivity contribution < 1.29 is 9.59 Å². The molecule has 1 aliphatic heterocycles. The summed E-state index contributed by atoms with van der Waals surface area (Å²) < 4.78 is 1.82. The number of allylic oxidation sites excluding steroid dienone is 2. The molecule has 1 amide bonds. The van der Waals surface area contributed by atoms with Crippen molar-refractivity contribution in [3.8, 4) is 0 Å². The maximum Gasteiger partial charge on any atom is 0.236 e. The van der Waals surface area contributed by atoms with E-state index in [1.54, 1.807) is 29.6 Å². The van der Waals surface area contributed by atoms with E-state index in [9.17, 15) is 9.59 Å². The zero-order valence-electron chi connectivity index (χ0n) is 10.5. The van der Waals surface area contributed by atoms with Gasteiger partial charge in [0, 0.05) is 23.7 Å². The molecule has 3 heterocycles. The maximum atomic E-state index is 12.5. The molecule has 0 aromatic carbocycles. The van der Waals surface area contributed by atoms with E-state index in [1.807, 2.05) is 16.0 Å². The molecule has 2 N–H and O–H groups in total. The smallest absolute Gasteiger partial charge is 0.236 e. The molecule has 0 aliphatic carbocycles. The monoisotopic (exact) mass is 288 g/mol. The van der Waals surface area contributed by atoms with Crippen molar-refractivity contribution in [3.05, 3.63) is 47.5 Å². The fourth-order valence-corrected chi connectivity index (χ4v) is 2.91. The normalized spacial score (nSPS) is 14.6. The van der Waals surface area contributed by atoms with Gasteiger partial charge in [-0.05, 0) is 12.3 Å². The number of hydrogen-bond donors (Lipinski definition) is 1. The molecule has 1 aliphatic rings. The number of rotatable bonds is 4. The maximum absolute atomic E-state index is 12.5. The summed E-state index contributed by atoms with van der Waals surface area (Å²) >= 11 is 1.47. The van der Waals surface area contributed by atoms with Crippen molar-refractivity contribution >= 4 is 27.9 Å². The summed E-state index contributed by atoms with van der Waals surface area (Å²) in [6.07, 6.45) is 8.72. The minimum atomic E-state index is -0.425. The number of nitrogens with zero attached hydrogens (tertiary/aromatic N) is 3. The van der Waals surface area contributed by atoms with Gasteiger partial charge in [0.1, 0.15) is 16.9 Å². The number of imidazole rings is 1. The fourth-order valence-electron chi connectivity index (χ4n) is 2.10. The number of fused-ring (bicyclic) bond motifs is 1. The lowest BCUT2D eigenvalue weighted by atomic mass is 10.1. The fraction of sp³-hybridized carbons (Fsp3) is 0.154. The van der Waals surface area contributed by atoms with Crippen LogP contribution in [0.1, 0.15) is 10.5 Å². The van der Waals surface area contributed by atoms with Gasteiger partial charge in [-0.25, -0.2) is 4.98 Å². The molecule has 2 aromatic rings. The number of primary amides is 1. The number of aromatic nitrogens is 2. The first-order valence-electron chi connectivity index (χ1n) is 5.99. The second-order valence-electron chi connectivity index (χ2n) is 4.44. The Morgan fingerprint density at radius 2 is 2.30 bits per heavy atom. The van der Waals surface area contributed by atoms with Crippen LogP contribution in [0, 0.1) is 0 Å². The van der Waals surface area contributed by atoms with Gasteiger partial charge in [0.2, 0.25) is 11.7 Å². The highest BCUT2D eigenvalue weighted by Gasteiger charge is 2.21. The number of Topliss-reactive ketones (excluding diaryl/α,β-unsaturated/α-hetero) is 1. The summed E-state index contributed by atoms with van der Waals surface area (Å²) in [5.74, 6) is -0.542. The third-order valence-electron chi connectivity index (χ3n) is 2.98. The Labute approximate surface area is 118 Å². The molecule has 0 saturated heterocycles. The van der Waals surface area contributed by atoms with Gasteiger partial charge in [0.25, 0.3) is 0 Å². The topological polar surface area (TPSA) is 80.7 Å². The van der Waals surface area contributed by atoms with Crippen LogP contribution >= 0.6 is 11.3 Å². The molecule has 0 bridgehead atoms. The van der Waals surface area contributed by atoms with Gasteiger partial charge < -0.3 is 10.6 Å². The summed E-state index contributed by atoms with van der Waals surface area (Å²) in [6.45, 7) is 0.460. The van der Waals surface area contributed by atoms with Crippen molar-refractivity contribution in [3.63, 3.8) is 0 Å². The molecule has 0 unspecified atom stereocenters. The molecule has 0 radical (unpaired) electrons. The van der Waals surface area contributed by atoms with E-state index in [-0.39, 0.29) is 12.3 Å². The molecular weight excluding hydrogens is 276 g/mol. The summed E-state index contributed by atoms with van der Waals surface area (Å²) in [5.41, 5.74) is 6.21. The van der Waals surface area contributed by atoms with Crippen LogP contribution < -0.4 is 5.73 Å². The van der Waals surface area contributed by atoms with E-state index in [2.05, 4.69) is 4.98 Å². The Balaban J connectivity index is 1.84. The number of amides is 1. The SMILES string of the molecule is NC(=O)CN1C=CC=C(C(=O)c2ncn3ccsc23)C1. The first-order chi connectivity index (χ1) is 9.65. The van der Waals surface area contributed by atoms with Crippen LogP contribution in [0.15, 0.2) is 41.8 Å². The number of thiazole rings is 1. The van der Waals surface area contributed by atoms with Crippen LogP contribution in [0.3, 0.4) is 0 Å². The highest BCUT2D eigenvalue weighted by atomic mass is 32.1. The number of hydrogen-bond acceptors (Lipinski definition) is 5. The lowest BCUT2D eigenvalue weighted by Gasteiger charge is -2.22. The van der Waals surface area contributed by atoms with Crippen LogP contribution in [0.25, 0.3) is 4.83 Å². The molecule has 7 heteroatoms. The quantitative estimate of drug-likeness (QED) is 0.845. The predicted octanol–water partition coefficient (Wildman–Crippen LogP) is 0.819. The number of carbonyl (C=O) groups excluding carboxylic acids is 2. The van der Waals surface area contributed by atoms with E-state index >= 15 is 0 Å². The van der Waals surface area contributed by atoms with Crippen molar-refractivity contribution in [2.75, 3.05) is 13.1 Å². The highest BCUT2D eigenvalue weighted by molar-refractivity contribution is 7.15. The average molecular weight is 288 g/mol. The Kier molecular flexibility index (Phi) is 3.11. The van der Waals surface area contributed by atoms with Gasteiger partial charge in [-0.3, -0.25) is 14.0 Å². The highest BCUT2D eigenvalue weighted by Crippen LogP contribution is 2.20. The van der Waals surface area contributed by atoms with Crippen LogP contribution in [-0.4, -0.2) is 39.1 Å². The Bertz CT molecular complexity index is 740. The molecule has 3 rings (SSSR count). The molecule has 0 fully saturated rings. The lowest BCUT2D eigenvalue weighted by Crippen LogP contribution is -2.33. The minimum Gasteiger partial charge on any atom is -0.368 e. The number of ketones is 1. The predicted molar refractivity (Wildman–Crippen MR) is 75.4 cm³/mol. The third kappa shape index (κ3) is 2.23. The molecule has 102 valence electrons. The van der Waals surface area contributed by atoms with Gasteiger partial charge in [0.15, 0.2) is 0 Å². The molecule has 20 heavy (non-hydrogen) atoms. The van der Waals surface area contributed by atoms with Gasteiger partial charge in [0.05, 0.1) is 6.54 Å². The first kappa shape index (κ1) is 12.6. The Morgan fingerprint density at radius 3 is 3.10 bits per heavy atom. The largest absolute Gasteiger partial charge is 0.368 e. The zero-order chi connectivity index (χ0) is 14.1. The van der Waals surface area contributed by atoms with Crippen LogP contribution in [0.4, 0.5) is 0 Å². The van der Waals surface area contributed by atoms with Crippen LogP contribution in [0.5, 0.6) is 0 Å². The van der Waals surface area contributed by atoms with E-state index in [1.165, 1.54) is 11.3 Å². The zero-order valence-corrected chi connectivity index (χ0v) is 11.3. The van der Waals surface area contributed by atoms with E-state index < -0.39 is 5.91 Å². The van der Waals surface area contributed by atoms with E-state index in [4.69, 9.17) is 5.73 Å².